The van der Waals surface area contributed by atoms with Crippen molar-refractivity contribution in [2.24, 2.45) is 10.9 Å². The van der Waals surface area contributed by atoms with Gasteiger partial charge in [-0.2, -0.15) is 0 Å². The summed E-state index contributed by atoms with van der Waals surface area (Å²) in [7, 11) is 0. The quantitative estimate of drug-likeness (QED) is 0.586. The fraction of sp³-hybridized carbons (Fsp3) is 0.696. The molecule has 2 heterocycles. The molecule has 6 nitrogen and oxygen atoms in total. The van der Waals surface area contributed by atoms with Crippen LogP contribution in [0.2, 0.25) is 0 Å². The van der Waals surface area contributed by atoms with Crippen molar-refractivity contribution in [2.75, 3.05) is 65.6 Å². The minimum atomic E-state index is 0.0963. The predicted molar refractivity (Wildman–Crippen MR) is 119 cm³/mol. The maximum absolute atomic E-state index is 6.13. The van der Waals surface area contributed by atoms with Crippen LogP contribution in [-0.2, 0) is 9.47 Å². The van der Waals surface area contributed by atoms with E-state index in [1.165, 1.54) is 16.7 Å². The minimum absolute atomic E-state index is 0.0963. The van der Waals surface area contributed by atoms with Gasteiger partial charge in [-0.25, -0.2) is 0 Å². The lowest BCUT2D eigenvalue weighted by Gasteiger charge is -2.36. The van der Waals surface area contributed by atoms with E-state index in [2.05, 4.69) is 61.0 Å². The molecule has 2 fully saturated rings. The monoisotopic (exact) mass is 402 g/mol. The van der Waals surface area contributed by atoms with E-state index in [0.29, 0.717) is 5.92 Å². The van der Waals surface area contributed by atoms with Gasteiger partial charge >= 0.3 is 0 Å². The first-order chi connectivity index (χ1) is 14.1. The van der Waals surface area contributed by atoms with Crippen LogP contribution in [0.25, 0.3) is 0 Å². The smallest absolute Gasteiger partial charge is 0.194 e. The summed E-state index contributed by atoms with van der Waals surface area (Å²) in [5.74, 6) is 1.54. The van der Waals surface area contributed by atoms with Gasteiger partial charge in [-0.3, -0.25) is 9.89 Å². The number of hydrogen-bond donors (Lipinski definition) is 1. The molecule has 162 valence electrons. The van der Waals surface area contributed by atoms with E-state index in [1.807, 2.05) is 0 Å². The van der Waals surface area contributed by atoms with Gasteiger partial charge in [-0.15, -0.1) is 0 Å². The Morgan fingerprint density at radius 3 is 2.72 bits per heavy atom. The molecule has 1 aromatic carbocycles. The summed E-state index contributed by atoms with van der Waals surface area (Å²) in [5.41, 5.74) is 3.89. The molecule has 0 bridgehead atoms. The van der Waals surface area contributed by atoms with Crippen LogP contribution >= 0.6 is 0 Å². The van der Waals surface area contributed by atoms with E-state index in [4.69, 9.17) is 14.5 Å². The molecule has 1 aromatic rings. The molecule has 29 heavy (non-hydrogen) atoms. The zero-order chi connectivity index (χ0) is 20.6. The first-order valence-electron chi connectivity index (χ1n) is 11.1. The van der Waals surface area contributed by atoms with Gasteiger partial charge in [0.25, 0.3) is 0 Å². The zero-order valence-electron chi connectivity index (χ0n) is 18.6. The van der Waals surface area contributed by atoms with Crippen molar-refractivity contribution >= 4 is 5.96 Å². The Kier molecular flexibility index (Phi) is 8.33. The van der Waals surface area contributed by atoms with Gasteiger partial charge in [-0.1, -0.05) is 30.7 Å². The van der Waals surface area contributed by atoms with Crippen LogP contribution in [0, 0.1) is 19.8 Å². The molecule has 2 aliphatic rings. The molecular formula is C23H38N4O2. The number of ether oxygens (including phenoxy) is 2. The number of aryl methyl sites for hydroxylation is 2. The molecule has 0 saturated carbocycles. The molecule has 0 amide bonds. The van der Waals surface area contributed by atoms with Crippen LogP contribution in [0.15, 0.2) is 23.2 Å². The third-order valence-electron chi connectivity index (χ3n) is 5.70. The standard InChI is InChI=1S/C23H38N4O2/c1-5-24-23(25-15-19(3)16-26-8-11-28-12-9-26)27-10-13-29-22(17-27)21-7-6-18(2)14-20(21)4/h6-7,14,19,22H,5,8-13,15-17H2,1-4H3,(H,24,25). The highest BCUT2D eigenvalue weighted by Gasteiger charge is 2.25. The highest BCUT2D eigenvalue weighted by atomic mass is 16.5. The molecule has 0 spiro atoms. The fourth-order valence-electron chi connectivity index (χ4n) is 4.17. The third kappa shape index (κ3) is 6.43. The number of benzene rings is 1. The van der Waals surface area contributed by atoms with E-state index in [1.54, 1.807) is 0 Å². The second-order valence-corrected chi connectivity index (χ2v) is 8.38. The van der Waals surface area contributed by atoms with Crippen molar-refractivity contribution in [2.45, 2.75) is 33.8 Å². The Morgan fingerprint density at radius 2 is 2.00 bits per heavy atom. The fourth-order valence-corrected chi connectivity index (χ4v) is 4.17. The van der Waals surface area contributed by atoms with Crippen LogP contribution < -0.4 is 5.32 Å². The van der Waals surface area contributed by atoms with Crippen molar-refractivity contribution in [3.8, 4) is 0 Å². The number of morpholine rings is 2. The van der Waals surface area contributed by atoms with Gasteiger partial charge in [0, 0.05) is 39.3 Å². The van der Waals surface area contributed by atoms with Gasteiger partial charge in [0.2, 0.25) is 0 Å². The van der Waals surface area contributed by atoms with Gasteiger partial charge in [0.15, 0.2) is 5.96 Å². The van der Waals surface area contributed by atoms with Crippen molar-refractivity contribution in [3.63, 3.8) is 0 Å². The summed E-state index contributed by atoms with van der Waals surface area (Å²) >= 11 is 0. The molecule has 0 aromatic heterocycles. The number of guanidine groups is 1. The van der Waals surface area contributed by atoms with Crippen molar-refractivity contribution < 1.29 is 9.47 Å². The van der Waals surface area contributed by atoms with Gasteiger partial charge < -0.3 is 19.7 Å². The Bertz CT molecular complexity index is 673. The van der Waals surface area contributed by atoms with Crippen LogP contribution in [0.4, 0.5) is 0 Å². The van der Waals surface area contributed by atoms with E-state index in [9.17, 15) is 0 Å². The Labute approximate surface area is 176 Å². The molecule has 2 atom stereocenters. The first-order valence-corrected chi connectivity index (χ1v) is 11.1. The van der Waals surface area contributed by atoms with Gasteiger partial charge in [0.05, 0.1) is 26.4 Å². The summed E-state index contributed by atoms with van der Waals surface area (Å²) in [5, 5.41) is 3.49. The number of hydrogen-bond acceptors (Lipinski definition) is 4. The van der Waals surface area contributed by atoms with Crippen LogP contribution in [0.3, 0.4) is 0 Å². The largest absolute Gasteiger partial charge is 0.379 e. The minimum Gasteiger partial charge on any atom is -0.379 e. The number of nitrogens with zero attached hydrogens (tertiary/aromatic N) is 3. The SMILES string of the molecule is CCNC(=NCC(C)CN1CCOCC1)N1CCOC(c2ccc(C)cc2C)C1. The molecule has 2 unspecified atom stereocenters. The van der Waals surface area contributed by atoms with Crippen molar-refractivity contribution in [1.82, 2.24) is 15.1 Å². The Hall–Kier alpha value is -1.63. The average molecular weight is 403 g/mol. The average Bonchev–Trinajstić information content (AvgIpc) is 2.72. The van der Waals surface area contributed by atoms with Crippen LogP contribution in [-0.4, -0.2) is 81.4 Å². The highest BCUT2D eigenvalue weighted by molar-refractivity contribution is 5.80. The van der Waals surface area contributed by atoms with E-state index < -0.39 is 0 Å². The van der Waals surface area contributed by atoms with Crippen molar-refractivity contribution in [3.05, 3.63) is 34.9 Å². The summed E-state index contributed by atoms with van der Waals surface area (Å²) in [6.07, 6.45) is 0.0963. The number of rotatable bonds is 6. The van der Waals surface area contributed by atoms with E-state index >= 15 is 0 Å². The summed E-state index contributed by atoms with van der Waals surface area (Å²) in [4.78, 5) is 9.83. The molecule has 6 heteroatoms. The van der Waals surface area contributed by atoms with Gasteiger partial charge in [-0.05, 0) is 37.8 Å². The van der Waals surface area contributed by atoms with E-state index in [-0.39, 0.29) is 6.10 Å². The van der Waals surface area contributed by atoms with E-state index in [0.717, 1.165) is 71.6 Å². The second-order valence-electron chi connectivity index (χ2n) is 8.38. The molecule has 0 radical (unpaired) electrons. The molecular weight excluding hydrogens is 364 g/mol. The number of nitrogens with one attached hydrogen (secondary N) is 1. The Balaban J connectivity index is 1.61. The van der Waals surface area contributed by atoms with Crippen LogP contribution in [0.5, 0.6) is 0 Å². The maximum Gasteiger partial charge on any atom is 0.194 e. The number of aliphatic imine (C=N–C) groups is 1. The second kappa shape index (κ2) is 11.0. The lowest BCUT2D eigenvalue weighted by molar-refractivity contribution is -0.00837. The Morgan fingerprint density at radius 1 is 1.21 bits per heavy atom. The van der Waals surface area contributed by atoms with Gasteiger partial charge in [0.1, 0.15) is 6.10 Å². The molecule has 2 saturated heterocycles. The lowest BCUT2D eigenvalue weighted by Crippen LogP contribution is -2.48. The molecule has 2 aliphatic heterocycles. The topological polar surface area (TPSA) is 49.3 Å². The summed E-state index contributed by atoms with van der Waals surface area (Å²) < 4.78 is 11.6. The summed E-state index contributed by atoms with van der Waals surface area (Å²) in [6, 6.07) is 6.63. The molecule has 1 N–H and O–H groups in total. The van der Waals surface area contributed by atoms with Crippen molar-refractivity contribution in [1.29, 1.82) is 0 Å². The first kappa shape index (κ1) is 22.1. The van der Waals surface area contributed by atoms with Crippen LogP contribution in [0.1, 0.15) is 36.6 Å². The lowest BCUT2D eigenvalue weighted by atomic mass is 10.00. The maximum atomic E-state index is 6.13. The third-order valence-corrected chi connectivity index (χ3v) is 5.70. The normalized spacial score (nSPS) is 22.6. The predicted octanol–water partition coefficient (Wildman–Crippen LogP) is 2.61. The highest BCUT2D eigenvalue weighted by Crippen LogP contribution is 2.26. The molecule has 0 aliphatic carbocycles. The molecule has 3 rings (SSSR count). The summed E-state index contributed by atoms with van der Waals surface area (Å²) in [6.45, 7) is 17.8. The zero-order valence-corrected chi connectivity index (χ0v) is 18.6.